The molecule has 7 heteroatoms. The third-order valence-electron chi connectivity index (χ3n) is 4.35. The second-order valence-electron chi connectivity index (χ2n) is 6.64. The molecule has 3 aromatic carbocycles. The van der Waals surface area contributed by atoms with Crippen LogP contribution in [0.5, 0.6) is 0 Å². The molecule has 0 aliphatic heterocycles. The van der Waals surface area contributed by atoms with Crippen LogP contribution in [-0.2, 0) is 4.79 Å². The number of halogens is 1. The summed E-state index contributed by atoms with van der Waals surface area (Å²) in [5, 5.41) is 9.08. The Labute approximate surface area is 191 Å². The number of rotatable bonds is 5. The molecule has 3 aromatic rings. The number of hydrogen-bond acceptors (Lipinski definition) is 3. The van der Waals surface area contributed by atoms with Crippen molar-refractivity contribution in [3.63, 3.8) is 0 Å². The van der Waals surface area contributed by atoms with Crippen LogP contribution in [0.2, 0.25) is 5.02 Å². The minimum Gasteiger partial charge on any atom is -0.332 e. The average molecular weight is 450 g/mol. The van der Waals surface area contributed by atoms with Crippen molar-refractivity contribution in [2.75, 3.05) is 10.6 Å². The Kier molecular flexibility index (Phi) is 7.54. The van der Waals surface area contributed by atoms with E-state index in [9.17, 15) is 9.59 Å². The van der Waals surface area contributed by atoms with Crippen LogP contribution < -0.4 is 16.0 Å². The molecule has 0 saturated heterocycles. The van der Waals surface area contributed by atoms with Crippen LogP contribution in [-0.4, -0.2) is 16.9 Å². The minimum absolute atomic E-state index is 0.158. The maximum absolute atomic E-state index is 12.4. The van der Waals surface area contributed by atoms with Crippen molar-refractivity contribution in [2.24, 2.45) is 0 Å². The first kappa shape index (κ1) is 22.2. The lowest BCUT2D eigenvalue weighted by molar-refractivity contribution is -0.115. The van der Waals surface area contributed by atoms with E-state index in [2.05, 4.69) is 16.0 Å². The average Bonchev–Trinajstić information content (AvgIpc) is 2.74. The topological polar surface area (TPSA) is 70.2 Å². The lowest BCUT2D eigenvalue weighted by Gasteiger charge is -2.10. The molecule has 0 aromatic heterocycles. The number of thiocarbonyl (C=S) groups is 1. The zero-order valence-electron chi connectivity index (χ0n) is 16.7. The Balaban J connectivity index is 1.53. The Morgan fingerprint density at radius 1 is 0.871 bits per heavy atom. The van der Waals surface area contributed by atoms with Gasteiger partial charge in [-0.3, -0.25) is 14.9 Å². The van der Waals surface area contributed by atoms with Crippen molar-refractivity contribution >= 4 is 58.2 Å². The van der Waals surface area contributed by atoms with Gasteiger partial charge in [0.25, 0.3) is 5.91 Å². The normalized spacial score (nSPS) is 10.5. The van der Waals surface area contributed by atoms with Crippen molar-refractivity contribution in [2.45, 2.75) is 6.92 Å². The smallest absolute Gasteiger partial charge is 0.255 e. The first-order chi connectivity index (χ1) is 14.9. The summed E-state index contributed by atoms with van der Waals surface area (Å²) in [5.74, 6) is -0.550. The molecule has 0 spiro atoms. The van der Waals surface area contributed by atoms with Crippen LogP contribution in [0.3, 0.4) is 0 Å². The van der Waals surface area contributed by atoms with Gasteiger partial charge in [-0.1, -0.05) is 48.0 Å². The molecule has 5 nitrogen and oxygen atoms in total. The molecule has 0 heterocycles. The predicted octanol–water partition coefficient (Wildman–Crippen LogP) is 5.43. The van der Waals surface area contributed by atoms with Gasteiger partial charge >= 0.3 is 0 Å². The number of hydrogen-bond donors (Lipinski definition) is 3. The standard InChI is InChI=1S/C24H20ClN3O2S/c1-16-6-2-4-8-20(16)23(30)26-18-11-13-19(14-12-18)27-24(31)28-22(29)15-10-17-7-3-5-9-21(17)25/h2-15H,1H3,(H,26,30)(H2,27,28,29,31)/b15-10+. The van der Waals surface area contributed by atoms with Gasteiger partial charge in [-0.25, -0.2) is 0 Å². The number of carbonyl (C=O) groups is 2. The molecule has 0 unspecified atom stereocenters. The third-order valence-corrected chi connectivity index (χ3v) is 4.89. The van der Waals surface area contributed by atoms with E-state index in [1.807, 2.05) is 43.3 Å². The van der Waals surface area contributed by atoms with Crippen LogP contribution in [0.25, 0.3) is 6.08 Å². The van der Waals surface area contributed by atoms with E-state index in [1.54, 1.807) is 42.5 Å². The molecular formula is C24H20ClN3O2S. The SMILES string of the molecule is Cc1ccccc1C(=O)Nc1ccc(NC(=S)NC(=O)/C=C/c2ccccc2Cl)cc1. The molecule has 0 aliphatic rings. The number of anilines is 2. The van der Waals surface area contributed by atoms with Crippen LogP contribution in [0.15, 0.2) is 78.9 Å². The molecule has 31 heavy (non-hydrogen) atoms. The first-order valence-electron chi connectivity index (χ1n) is 9.44. The van der Waals surface area contributed by atoms with E-state index in [-0.39, 0.29) is 16.9 Å². The van der Waals surface area contributed by atoms with Crippen molar-refractivity contribution in [1.82, 2.24) is 5.32 Å². The lowest BCUT2D eigenvalue weighted by Crippen LogP contribution is -2.32. The van der Waals surface area contributed by atoms with Crippen LogP contribution in [0, 0.1) is 6.92 Å². The predicted molar refractivity (Wildman–Crippen MR) is 130 cm³/mol. The number of aryl methyl sites for hydroxylation is 1. The molecule has 2 amide bonds. The highest BCUT2D eigenvalue weighted by Gasteiger charge is 2.08. The molecule has 0 fully saturated rings. The summed E-state index contributed by atoms with van der Waals surface area (Å²) < 4.78 is 0. The highest BCUT2D eigenvalue weighted by atomic mass is 35.5. The van der Waals surface area contributed by atoms with E-state index in [0.717, 1.165) is 11.1 Å². The molecule has 3 N–H and O–H groups in total. The highest BCUT2D eigenvalue weighted by Crippen LogP contribution is 2.17. The molecule has 0 bridgehead atoms. The van der Waals surface area contributed by atoms with Crippen molar-refractivity contribution < 1.29 is 9.59 Å². The fourth-order valence-electron chi connectivity index (χ4n) is 2.75. The summed E-state index contributed by atoms with van der Waals surface area (Å²) in [6.45, 7) is 1.89. The summed E-state index contributed by atoms with van der Waals surface area (Å²) >= 11 is 11.2. The zero-order chi connectivity index (χ0) is 22.2. The van der Waals surface area contributed by atoms with Gasteiger partial charge < -0.3 is 10.6 Å². The summed E-state index contributed by atoms with van der Waals surface area (Å²) in [5.41, 5.74) is 3.59. The van der Waals surface area contributed by atoms with Gasteiger partial charge in [-0.2, -0.15) is 0 Å². The highest BCUT2D eigenvalue weighted by molar-refractivity contribution is 7.80. The summed E-state index contributed by atoms with van der Waals surface area (Å²) in [4.78, 5) is 24.4. The van der Waals surface area contributed by atoms with E-state index in [4.69, 9.17) is 23.8 Å². The Morgan fingerprint density at radius 3 is 2.16 bits per heavy atom. The summed E-state index contributed by atoms with van der Waals surface area (Å²) in [7, 11) is 0. The maximum Gasteiger partial charge on any atom is 0.255 e. The van der Waals surface area contributed by atoms with Crippen LogP contribution in [0.4, 0.5) is 11.4 Å². The van der Waals surface area contributed by atoms with E-state index in [1.165, 1.54) is 6.08 Å². The lowest BCUT2D eigenvalue weighted by atomic mass is 10.1. The van der Waals surface area contributed by atoms with Crippen LogP contribution >= 0.6 is 23.8 Å². The van der Waals surface area contributed by atoms with Crippen molar-refractivity contribution in [3.05, 3.63) is 101 Å². The number of amides is 2. The number of carbonyl (C=O) groups excluding carboxylic acids is 2. The maximum atomic E-state index is 12.4. The van der Waals surface area contributed by atoms with E-state index >= 15 is 0 Å². The van der Waals surface area contributed by atoms with Crippen molar-refractivity contribution in [1.29, 1.82) is 0 Å². The Hall–Kier alpha value is -3.48. The molecule has 0 aliphatic carbocycles. The van der Waals surface area contributed by atoms with Gasteiger partial charge in [0.2, 0.25) is 5.91 Å². The minimum atomic E-state index is -0.375. The second-order valence-corrected chi connectivity index (χ2v) is 7.46. The molecular weight excluding hydrogens is 430 g/mol. The summed E-state index contributed by atoms with van der Waals surface area (Å²) in [6, 6.07) is 21.6. The van der Waals surface area contributed by atoms with Gasteiger partial charge in [0.05, 0.1) is 0 Å². The monoisotopic (exact) mass is 449 g/mol. The molecule has 0 radical (unpaired) electrons. The quantitative estimate of drug-likeness (QED) is 0.359. The van der Waals surface area contributed by atoms with Gasteiger partial charge in [-0.05, 0) is 72.7 Å². The fraction of sp³-hybridized carbons (Fsp3) is 0.0417. The Morgan fingerprint density at radius 2 is 1.48 bits per heavy atom. The van der Waals surface area contributed by atoms with Gasteiger partial charge in [0.1, 0.15) is 0 Å². The van der Waals surface area contributed by atoms with Gasteiger partial charge in [-0.15, -0.1) is 0 Å². The number of nitrogens with one attached hydrogen (secondary N) is 3. The molecule has 0 atom stereocenters. The second kappa shape index (κ2) is 10.5. The van der Waals surface area contributed by atoms with Crippen LogP contribution in [0.1, 0.15) is 21.5 Å². The largest absolute Gasteiger partial charge is 0.332 e. The van der Waals surface area contributed by atoms with E-state index < -0.39 is 0 Å². The van der Waals surface area contributed by atoms with E-state index in [0.29, 0.717) is 22.0 Å². The fourth-order valence-corrected chi connectivity index (χ4v) is 3.17. The number of benzene rings is 3. The third kappa shape index (κ3) is 6.50. The van der Waals surface area contributed by atoms with Gasteiger partial charge in [0, 0.05) is 28.0 Å². The molecule has 3 rings (SSSR count). The first-order valence-corrected chi connectivity index (χ1v) is 10.2. The van der Waals surface area contributed by atoms with Crippen molar-refractivity contribution in [3.8, 4) is 0 Å². The molecule has 156 valence electrons. The molecule has 0 saturated carbocycles. The Bertz CT molecular complexity index is 1140. The van der Waals surface area contributed by atoms with Gasteiger partial charge in [0.15, 0.2) is 5.11 Å². The zero-order valence-corrected chi connectivity index (χ0v) is 18.3. The summed E-state index contributed by atoms with van der Waals surface area (Å²) in [6.07, 6.45) is 2.98.